The van der Waals surface area contributed by atoms with Crippen molar-refractivity contribution in [2.75, 3.05) is 7.11 Å². The van der Waals surface area contributed by atoms with Crippen LogP contribution in [0.3, 0.4) is 0 Å². The van der Waals surface area contributed by atoms with Crippen LogP contribution in [0, 0.1) is 17.8 Å². The van der Waals surface area contributed by atoms with Gasteiger partial charge >= 0.3 is 0 Å². The second kappa shape index (κ2) is 10.4. The number of ether oxygens (including phenoxy) is 1. The van der Waals surface area contributed by atoms with Crippen LogP contribution in [0.4, 0.5) is 5.69 Å². The highest BCUT2D eigenvalue weighted by molar-refractivity contribution is 7.78. The Morgan fingerprint density at radius 1 is 1.04 bits per heavy atom. The van der Waals surface area contributed by atoms with E-state index in [4.69, 9.17) is 17.0 Å². The standard InChI is InChI=1S/C24H35NOS/c1-3-4-5-18-6-8-19(9-7-18)20-10-12-21(13-11-20)22-14-15-23(25-17-27)24(16-22)26-2/h14-16,18-21H,3-13H2,1-2H3. The molecule has 148 valence electrons. The predicted molar refractivity (Wildman–Crippen MR) is 117 cm³/mol. The van der Waals surface area contributed by atoms with Crippen molar-refractivity contribution in [2.24, 2.45) is 22.7 Å². The lowest BCUT2D eigenvalue weighted by molar-refractivity contribution is 0.156. The fourth-order valence-electron chi connectivity index (χ4n) is 5.45. The first-order valence-corrected chi connectivity index (χ1v) is 11.4. The molecule has 0 radical (unpaired) electrons. The lowest BCUT2D eigenvalue weighted by Gasteiger charge is -2.38. The third-order valence-electron chi connectivity index (χ3n) is 7.14. The maximum Gasteiger partial charge on any atom is 0.145 e. The average Bonchev–Trinajstić information content (AvgIpc) is 2.73. The van der Waals surface area contributed by atoms with E-state index in [1.54, 1.807) is 7.11 Å². The fourth-order valence-corrected chi connectivity index (χ4v) is 5.55. The second-order valence-electron chi connectivity index (χ2n) is 8.67. The number of methoxy groups -OCH3 is 1. The molecule has 0 heterocycles. The Morgan fingerprint density at radius 3 is 2.30 bits per heavy atom. The van der Waals surface area contributed by atoms with Gasteiger partial charge in [-0.1, -0.05) is 45.1 Å². The van der Waals surface area contributed by atoms with Crippen LogP contribution >= 0.6 is 12.2 Å². The summed E-state index contributed by atoms with van der Waals surface area (Å²) in [5.74, 6) is 4.48. The number of unbranched alkanes of at least 4 members (excludes halogenated alkanes) is 1. The summed E-state index contributed by atoms with van der Waals surface area (Å²) >= 11 is 4.73. The number of hydrogen-bond donors (Lipinski definition) is 0. The Bertz CT molecular complexity index is 636. The van der Waals surface area contributed by atoms with Gasteiger partial charge in [0.05, 0.1) is 12.3 Å². The molecule has 0 bridgehead atoms. The van der Waals surface area contributed by atoms with Crippen molar-refractivity contribution in [3.8, 4) is 5.75 Å². The SMILES string of the molecule is CCCCC1CCC(C2CCC(c3ccc(N=C=S)c(OC)c3)CC2)CC1. The molecule has 2 nitrogen and oxygen atoms in total. The zero-order chi connectivity index (χ0) is 19.1. The minimum atomic E-state index is 0.668. The van der Waals surface area contributed by atoms with E-state index in [9.17, 15) is 0 Å². The molecule has 3 rings (SSSR count). The minimum absolute atomic E-state index is 0.668. The van der Waals surface area contributed by atoms with Crippen LogP contribution in [0.2, 0.25) is 0 Å². The second-order valence-corrected chi connectivity index (χ2v) is 8.85. The van der Waals surface area contributed by atoms with E-state index < -0.39 is 0 Å². The van der Waals surface area contributed by atoms with Crippen LogP contribution in [0.1, 0.15) is 89.0 Å². The zero-order valence-corrected chi connectivity index (χ0v) is 17.9. The van der Waals surface area contributed by atoms with Crippen LogP contribution in [0.5, 0.6) is 5.75 Å². The Hall–Kier alpha value is -1.18. The number of benzene rings is 1. The normalized spacial score (nSPS) is 28.4. The Kier molecular flexibility index (Phi) is 7.91. The van der Waals surface area contributed by atoms with Gasteiger partial charge in [-0.25, -0.2) is 0 Å². The summed E-state index contributed by atoms with van der Waals surface area (Å²) in [4.78, 5) is 4.10. The summed E-state index contributed by atoms with van der Waals surface area (Å²) in [6, 6.07) is 6.39. The first kappa shape index (κ1) is 20.6. The minimum Gasteiger partial charge on any atom is -0.494 e. The van der Waals surface area contributed by atoms with E-state index in [-0.39, 0.29) is 0 Å². The van der Waals surface area contributed by atoms with Crippen molar-refractivity contribution in [3.05, 3.63) is 23.8 Å². The molecule has 2 aliphatic rings. The molecular weight excluding hydrogens is 350 g/mol. The van der Waals surface area contributed by atoms with Crippen molar-refractivity contribution in [3.63, 3.8) is 0 Å². The summed E-state index contributed by atoms with van der Waals surface area (Å²) < 4.78 is 5.50. The molecule has 0 amide bonds. The van der Waals surface area contributed by atoms with Crippen LogP contribution in [-0.2, 0) is 0 Å². The molecule has 0 aliphatic heterocycles. The maximum atomic E-state index is 5.50. The highest BCUT2D eigenvalue weighted by atomic mass is 32.1. The molecule has 0 unspecified atom stereocenters. The van der Waals surface area contributed by atoms with E-state index in [1.165, 1.54) is 76.2 Å². The van der Waals surface area contributed by atoms with Crippen LogP contribution < -0.4 is 4.74 Å². The van der Waals surface area contributed by atoms with Gasteiger partial charge in [0.1, 0.15) is 11.4 Å². The van der Waals surface area contributed by atoms with Gasteiger partial charge in [0.25, 0.3) is 0 Å². The van der Waals surface area contributed by atoms with Crippen molar-refractivity contribution in [2.45, 2.75) is 83.5 Å². The average molecular weight is 386 g/mol. The van der Waals surface area contributed by atoms with E-state index in [0.717, 1.165) is 29.2 Å². The number of isothiocyanates is 1. The van der Waals surface area contributed by atoms with Crippen LogP contribution in [0.25, 0.3) is 0 Å². The number of rotatable bonds is 7. The molecule has 0 aromatic heterocycles. The first-order valence-electron chi connectivity index (χ1n) is 11.0. The lowest BCUT2D eigenvalue weighted by Crippen LogP contribution is -2.25. The summed E-state index contributed by atoms with van der Waals surface area (Å²) in [7, 11) is 1.70. The molecule has 1 aromatic carbocycles. The van der Waals surface area contributed by atoms with Gasteiger partial charge in [0, 0.05) is 0 Å². The van der Waals surface area contributed by atoms with E-state index in [0.29, 0.717) is 5.92 Å². The Morgan fingerprint density at radius 2 is 1.70 bits per heavy atom. The van der Waals surface area contributed by atoms with Gasteiger partial charge in [-0.3, -0.25) is 0 Å². The molecule has 0 N–H and O–H groups in total. The van der Waals surface area contributed by atoms with Gasteiger partial charge in [-0.05, 0) is 92.1 Å². The molecule has 2 aliphatic carbocycles. The Labute approximate surface area is 170 Å². The van der Waals surface area contributed by atoms with Crippen LogP contribution in [0.15, 0.2) is 23.2 Å². The summed E-state index contributed by atoms with van der Waals surface area (Å²) in [6.45, 7) is 2.32. The van der Waals surface area contributed by atoms with E-state index >= 15 is 0 Å². The quantitative estimate of drug-likeness (QED) is 0.354. The zero-order valence-electron chi connectivity index (χ0n) is 17.1. The molecule has 1 aromatic rings. The molecule has 2 fully saturated rings. The topological polar surface area (TPSA) is 21.6 Å². The first-order chi connectivity index (χ1) is 13.2. The highest BCUT2D eigenvalue weighted by Crippen LogP contribution is 2.45. The Balaban J connectivity index is 1.51. The number of thiocarbonyl (C=S) groups is 1. The number of hydrogen-bond acceptors (Lipinski definition) is 3. The summed E-state index contributed by atoms with van der Waals surface area (Å²) in [5, 5.41) is 2.44. The van der Waals surface area contributed by atoms with Gasteiger partial charge in [-0.2, -0.15) is 4.99 Å². The highest BCUT2D eigenvalue weighted by Gasteiger charge is 2.31. The van der Waals surface area contributed by atoms with Gasteiger partial charge in [0.2, 0.25) is 0 Å². The van der Waals surface area contributed by atoms with Crippen molar-refractivity contribution >= 4 is 23.1 Å². The van der Waals surface area contributed by atoms with Crippen LogP contribution in [-0.4, -0.2) is 12.3 Å². The van der Waals surface area contributed by atoms with Crippen molar-refractivity contribution < 1.29 is 4.74 Å². The molecule has 2 saturated carbocycles. The van der Waals surface area contributed by atoms with Gasteiger partial charge in [-0.15, -0.1) is 0 Å². The third-order valence-corrected chi connectivity index (χ3v) is 7.23. The molecule has 0 spiro atoms. The van der Waals surface area contributed by atoms with Crippen molar-refractivity contribution in [1.82, 2.24) is 0 Å². The molecule has 0 atom stereocenters. The van der Waals surface area contributed by atoms with Gasteiger partial charge in [0.15, 0.2) is 0 Å². The monoisotopic (exact) mass is 385 g/mol. The van der Waals surface area contributed by atoms with E-state index in [2.05, 4.69) is 29.2 Å². The fraction of sp³-hybridized carbons (Fsp3) is 0.708. The van der Waals surface area contributed by atoms with Crippen molar-refractivity contribution in [1.29, 1.82) is 0 Å². The molecule has 3 heteroatoms. The molecule has 27 heavy (non-hydrogen) atoms. The largest absolute Gasteiger partial charge is 0.494 e. The summed E-state index contributed by atoms with van der Waals surface area (Å²) in [5.41, 5.74) is 2.18. The molecule has 0 saturated heterocycles. The predicted octanol–water partition coefficient (Wildman–Crippen LogP) is 7.70. The molecular formula is C24H35NOS. The number of nitrogens with zero attached hydrogens (tertiary/aromatic N) is 1. The number of aliphatic imine (C=N–C) groups is 1. The third kappa shape index (κ3) is 5.42. The smallest absolute Gasteiger partial charge is 0.145 e. The van der Waals surface area contributed by atoms with Gasteiger partial charge < -0.3 is 4.74 Å². The maximum absolute atomic E-state index is 5.50. The lowest BCUT2D eigenvalue weighted by atomic mass is 9.68. The van der Waals surface area contributed by atoms with E-state index in [1.807, 2.05) is 6.07 Å². The summed E-state index contributed by atoms with van der Waals surface area (Å²) in [6.07, 6.45) is 15.6.